The molecule has 2 aliphatic rings. The quantitative estimate of drug-likeness (QED) is 0.881. The smallest absolute Gasteiger partial charge is 0.247 e. The van der Waals surface area contributed by atoms with Crippen molar-refractivity contribution in [2.75, 3.05) is 16.8 Å². The number of hydrogen-bond donors (Lipinski definition) is 1. The van der Waals surface area contributed by atoms with Crippen molar-refractivity contribution in [2.24, 2.45) is 11.3 Å². The van der Waals surface area contributed by atoms with Crippen molar-refractivity contribution in [1.82, 2.24) is 4.98 Å². The van der Waals surface area contributed by atoms with E-state index in [4.69, 9.17) is 0 Å². The minimum atomic E-state index is -0.869. The van der Waals surface area contributed by atoms with E-state index in [1.165, 1.54) is 11.3 Å². The predicted octanol–water partition coefficient (Wildman–Crippen LogP) is 2.98. The third kappa shape index (κ3) is 2.97. The highest BCUT2D eigenvalue weighted by Gasteiger charge is 2.56. The topological polar surface area (TPSA) is 86.1 Å². The normalized spacial score (nSPS) is 22.3. The molecule has 132 valence electrons. The fourth-order valence-electron chi connectivity index (χ4n) is 3.55. The van der Waals surface area contributed by atoms with Crippen LogP contribution in [0.1, 0.15) is 24.1 Å². The maximum absolute atomic E-state index is 12.9. The summed E-state index contributed by atoms with van der Waals surface area (Å²) in [5.41, 5.74) is -0.194. The van der Waals surface area contributed by atoms with Gasteiger partial charge in [-0.25, -0.2) is 4.98 Å². The van der Waals surface area contributed by atoms with Gasteiger partial charge in [-0.1, -0.05) is 6.07 Å². The largest absolute Gasteiger partial charge is 0.311 e. The number of rotatable bonds is 5. The number of aromatic nitrogens is 1. The average molecular weight is 366 g/mol. The number of anilines is 2. The fourth-order valence-corrected chi connectivity index (χ4v) is 4.25. The van der Waals surface area contributed by atoms with Gasteiger partial charge < -0.3 is 10.2 Å². The molecule has 0 spiro atoms. The van der Waals surface area contributed by atoms with Gasteiger partial charge in [0.2, 0.25) is 11.8 Å². The number of nitrogens with zero attached hydrogens (tertiary/aromatic N) is 3. The van der Waals surface area contributed by atoms with Gasteiger partial charge in [-0.2, -0.15) is 5.26 Å². The van der Waals surface area contributed by atoms with E-state index in [2.05, 4.69) is 16.4 Å². The zero-order valence-corrected chi connectivity index (χ0v) is 15.0. The summed E-state index contributed by atoms with van der Waals surface area (Å²) in [7, 11) is 0. The lowest BCUT2D eigenvalue weighted by Crippen LogP contribution is -2.35. The van der Waals surface area contributed by atoms with Crippen LogP contribution in [0.4, 0.5) is 11.5 Å². The Bertz CT molecular complexity index is 885. The zero-order chi connectivity index (χ0) is 18.1. The van der Waals surface area contributed by atoms with E-state index in [1.54, 1.807) is 23.2 Å². The molecule has 2 fully saturated rings. The number of thiophene rings is 1. The molecule has 1 saturated heterocycles. The molecule has 7 heteroatoms. The van der Waals surface area contributed by atoms with Gasteiger partial charge in [-0.15, -0.1) is 11.3 Å². The Kier molecular flexibility index (Phi) is 4.21. The summed E-state index contributed by atoms with van der Waals surface area (Å²) in [5.74, 6) is 0.341. The number of pyridine rings is 1. The van der Waals surface area contributed by atoms with Crippen LogP contribution in [-0.4, -0.2) is 23.3 Å². The third-order valence-electron chi connectivity index (χ3n) is 5.07. The second kappa shape index (κ2) is 6.54. The van der Waals surface area contributed by atoms with Gasteiger partial charge in [0, 0.05) is 29.4 Å². The number of amides is 2. The summed E-state index contributed by atoms with van der Waals surface area (Å²) in [4.78, 5) is 31.8. The van der Waals surface area contributed by atoms with Gasteiger partial charge in [-0.3, -0.25) is 9.59 Å². The highest BCUT2D eigenvalue weighted by atomic mass is 32.1. The minimum Gasteiger partial charge on any atom is -0.311 e. The van der Waals surface area contributed by atoms with Crippen LogP contribution in [0.2, 0.25) is 0 Å². The number of nitrogens with one attached hydrogen (secondary N) is 1. The van der Waals surface area contributed by atoms with Gasteiger partial charge >= 0.3 is 0 Å². The molecule has 6 nitrogen and oxygen atoms in total. The lowest BCUT2D eigenvalue weighted by Gasteiger charge is -2.21. The minimum absolute atomic E-state index is 0.121. The van der Waals surface area contributed by atoms with Crippen LogP contribution in [-0.2, 0) is 16.0 Å². The second-order valence-corrected chi connectivity index (χ2v) is 7.80. The van der Waals surface area contributed by atoms with Crippen LogP contribution in [0.25, 0.3) is 0 Å². The van der Waals surface area contributed by atoms with E-state index in [9.17, 15) is 14.9 Å². The van der Waals surface area contributed by atoms with Crippen molar-refractivity contribution in [3.8, 4) is 6.07 Å². The lowest BCUT2D eigenvalue weighted by atomic mass is 9.83. The van der Waals surface area contributed by atoms with Gasteiger partial charge in [0.25, 0.3) is 0 Å². The molecule has 1 aliphatic heterocycles. The van der Waals surface area contributed by atoms with Crippen LogP contribution in [0, 0.1) is 22.7 Å². The molecule has 0 unspecified atom stereocenters. The van der Waals surface area contributed by atoms with Crippen molar-refractivity contribution >= 4 is 34.7 Å². The van der Waals surface area contributed by atoms with Gasteiger partial charge in [0.15, 0.2) is 0 Å². The van der Waals surface area contributed by atoms with E-state index >= 15 is 0 Å². The SMILES string of the molecule is N#C[C@@]1(C2CC2)CCN(c2ccnc(NC(=O)Cc3cccs3)c2)C1=O. The maximum atomic E-state index is 12.9. The van der Waals surface area contributed by atoms with Crippen molar-refractivity contribution in [2.45, 2.75) is 25.7 Å². The Morgan fingerprint density at radius 1 is 1.46 bits per heavy atom. The van der Waals surface area contributed by atoms with Crippen LogP contribution >= 0.6 is 11.3 Å². The first kappa shape index (κ1) is 16.7. The second-order valence-electron chi connectivity index (χ2n) is 6.77. The molecule has 0 aromatic carbocycles. The van der Waals surface area contributed by atoms with Gasteiger partial charge in [-0.05, 0) is 42.7 Å². The standard InChI is InChI=1S/C19H18N4O2S/c20-12-19(13-3-4-13)6-8-23(18(19)25)14-5-7-21-16(10-14)22-17(24)11-15-2-1-9-26-15/h1-2,5,7,9-10,13H,3-4,6,8,11H2,(H,21,22,24)/t19-/m1/s1. The third-order valence-corrected chi connectivity index (χ3v) is 5.94. The first-order valence-electron chi connectivity index (χ1n) is 8.64. The summed E-state index contributed by atoms with van der Waals surface area (Å²) >= 11 is 1.53. The molecule has 1 aliphatic carbocycles. The van der Waals surface area contributed by atoms with Gasteiger partial charge in [0.1, 0.15) is 11.2 Å². The molecule has 4 rings (SSSR count). The van der Waals surface area contributed by atoms with Crippen molar-refractivity contribution < 1.29 is 9.59 Å². The Morgan fingerprint density at radius 3 is 3.00 bits per heavy atom. The van der Waals surface area contributed by atoms with Crippen molar-refractivity contribution in [3.63, 3.8) is 0 Å². The van der Waals surface area contributed by atoms with E-state index in [0.29, 0.717) is 30.9 Å². The molecule has 26 heavy (non-hydrogen) atoms. The number of carbonyl (C=O) groups excluding carboxylic acids is 2. The summed E-state index contributed by atoms with van der Waals surface area (Å²) in [6.45, 7) is 0.523. The van der Waals surface area contributed by atoms with E-state index in [1.807, 2.05) is 17.5 Å². The van der Waals surface area contributed by atoms with E-state index in [0.717, 1.165) is 17.7 Å². The Hall–Kier alpha value is -2.72. The van der Waals surface area contributed by atoms with Crippen LogP contribution in [0.5, 0.6) is 0 Å². The first-order valence-corrected chi connectivity index (χ1v) is 9.52. The number of carbonyl (C=O) groups is 2. The molecule has 3 heterocycles. The van der Waals surface area contributed by atoms with Crippen LogP contribution < -0.4 is 10.2 Å². The first-order chi connectivity index (χ1) is 12.6. The van der Waals surface area contributed by atoms with Crippen LogP contribution in [0.3, 0.4) is 0 Å². The molecule has 0 radical (unpaired) electrons. The molecule has 1 N–H and O–H groups in total. The number of hydrogen-bond acceptors (Lipinski definition) is 5. The summed E-state index contributed by atoms with van der Waals surface area (Å²) in [6, 6.07) is 9.55. The monoisotopic (exact) mass is 366 g/mol. The summed E-state index contributed by atoms with van der Waals surface area (Å²) in [6.07, 6.45) is 4.34. The summed E-state index contributed by atoms with van der Waals surface area (Å²) in [5, 5.41) is 14.3. The Labute approximate surface area is 155 Å². The average Bonchev–Trinajstić information content (AvgIpc) is 3.26. The molecular formula is C19H18N4O2S. The molecule has 1 atom stereocenters. The highest BCUT2D eigenvalue weighted by molar-refractivity contribution is 7.10. The zero-order valence-electron chi connectivity index (χ0n) is 14.1. The fraction of sp³-hybridized carbons (Fsp3) is 0.368. The maximum Gasteiger partial charge on any atom is 0.247 e. The molecule has 0 bridgehead atoms. The highest BCUT2D eigenvalue weighted by Crippen LogP contribution is 2.51. The molecule has 1 saturated carbocycles. The molecule has 2 amide bonds. The van der Waals surface area contributed by atoms with E-state index < -0.39 is 5.41 Å². The predicted molar refractivity (Wildman–Crippen MR) is 98.6 cm³/mol. The number of nitriles is 1. The van der Waals surface area contributed by atoms with Gasteiger partial charge in [0.05, 0.1) is 12.5 Å². The Balaban J connectivity index is 1.49. The van der Waals surface area contributed by atoms with Crippen molar-refractivity contribution in [1.29, 1.82) is 5.26 Å². The molecule has 2 aromatic heterocycles. The van der Waals surface area contributed by atoms with Crippen molar-refractivity contribution in [3.05, 3.63) is 40.7 Å². The Morgan fingerprint density at radius 2 is 2.31 bits per heavy atom. The summed E-state index contributed by atoms with van der Waals surface area (Å²) < 4.78 is 0. The molecular weight excluding hydrogens is 348 g/mol. The van der Waals surface area contributed by atoms with E-state index in [-0.39, 0.29) is 17.7 Å². The molecule has 2 aromatic rings. The lowest BCUT2D eigenvalue weighted by molar-refractivity contribution is -0.123. The van der Waals surface area contributed by atoms with Crippen LogP contribution in [0.15, 0.2) is 35.8 Å².